The predicted molar refractivity (Wildman–Crippen MR) is 85.0 cm³/mol. The van der Waals surface area contributed by atoms with Crippen LogP contribution in [0.4, 0.5) is 5.69 Å². The first-order chi connectivity index (χ1) is 8.17. The monoisotopic (exact) mass is 267 g/mol. The van der Waals surface area contributed by atoms with Gasteiger partial charge in [0, 0.05) is 24.0 Å². The molecule has 0 unspecified atom stereocenters. The maximum absolute atomic E-state index is 2.28. The van der Waals surface area contributed by atoms with Gasteiger partial charge < -0.3 is 4.90 Å². The maximum Gasteiger partial charge on any atom is 0.0406 e. The third kappa shape index (κ3) is 5.09. The van der Waals surface area contributed by atoms with Crippen LogP contribution in [0.1, 0.15) is 19.4 Å². The Morgan fingerprint density at radius 1 is 1.06 bits per heavy atom. The molecule has 94 valence electrons. The molecule has 0 bridgehead atoms. The van der Waals surface area contributed by atoms with Gasteiger partial charge >= 0.3 is 0 Å². The Labute approximate surface area is 114 Å². The first-order valence-electron chi connectivity index (χ1n) is 5.92. The lowest BCUT2D eigenvalue weighted by atomic mass is 10.2. The first kappa shape index (κ1) is 14.5. The smallest absolute Gasteiger partial charge is 0.0406 e. The van der Waals surface area contributed by atoms with E-state index < -0.39 is 0 Å². The number of hydrogen-bond acceptors (Lipinski definition) is 3. The van der Waals surface area contributed by atoms with Crippen molar-refractivity contribution < 1.29 is 0 Å². The van der Waals surface area contributed by atoms with Crippen LogP contribution in [0.3, 0.4) is 0 Å². The molecular formula is C14H21NS2. The first-order valence-corrected chi connectivity index (χ1v) is 7.89. The lowest BCUT2D eigenvalue weighted by Crippen LogP contribution is -2.07. The van der Waals surface area contributed by atoms with Gasteiger partial charge in [-0.3, -0.25) is 0 Å². The zero-order valence-corrected chi connectivity index (χ0v) is 12.7. The second-order valence-corrected chi connectivity index (χ2v) is 6.69. The number of anilines is 1. The van der Waals surface area contributed by atoms with Gasteiger partial charge in [0.05, 0.1) is 0 Å². The molecule has 0 aromatic heterocycles. The van der Waals surface area contributed by atoms with Gasteiger partial charge in [-0.05, 0) is 35.3 Å². The molecule has 0 aliphatic heterocycles. The standard InChI is InChI=1S/C14H21NS2/c1-5-16-14(17-6-2)11-12-7-9-13(10-8-12)15(3)4/h7-11H,5-6H2,1-4H3. The van der Waals surface area contributed by atoms with Gasteiger partial charge in [0.15, 0.2) is 0 Å². The van der Waals surface area contributed by atoms with Crippen LogP contribution >= 0.6 is 23.5 Å². The summed E-state index contributed by atoms with van der Waals surface area (Å²) in [4.78, 5) is 2.12. The molecular weight excluding hydrogens is 246 g/mol. The summed E-state index contributed by atoms with van der Waals surface area (Å²) in [7, 11) is 4.13. The van der Waals surface area contributed by atoms with E-state index in [9.17, 15) is 0 Å². The van der Waals surface area contributed by atoms with E-state index in [1.165, 1.54) is 15.5 Å². The van der Waals surface area contributed by atoms with Gasteiger partial charge in [0.2, 0.25) is 0 Å². The molecule has 17 heavy (non-hydrogen) atoms. The van der Waals surface area contributed by atoms with E-state index in [0.717, 1.165) is 11.5 Å². The molecule has 0 radical (unpaired) electrons. The highest BCUT2D eigenvalue weighted by atomic mass is 32.2. The molecule has 1 nitrogen and oxygen atoms in total. The summed E-state index contributed by atoms with van der Waals surface area (Å²) < 4.78 is 1.41. The normalized spacial score (nSPS) is 10.1. The van der Waals surface area contributed by atoms with Crippen LogP contribution in [0, 0.1) is 0 Å². The minimum Gasteiger partial charge on any atom is -0.378 e. The Morgan fingerprint density at radius 2 is 1.59 bits per heavy atom. The minimum atomic E-state index is 1.13. The highest BCUT2D eigenvalue weighted by Crippen LogP contribution is 2.30. The quantitative estimate of drug-likeness (QED) is 0.744. The van der Waals surface area contributed by atoms with Gasteiger partial charge in [-0.25, -0.2) is 0 Å². The second-order valence-electron chi connectivity index (χ2n) is 3.82. The SMILES string of the molecule is CCSC(=Cc1ccc(N(C)C)cc1)SCC. The van der Waals surface area contributed by atoms with Crippen molar-refractivity contribution in [1.29, 1.82) is 0 Å². The van der Waals surface area contributed by atoms with Gasteiger partial charge in [-0.1, -0.05) is 26.0 Å². The van der Waals surface area contributed by atoms with Crippen molar-refractivity contribution >= 4 is 35.3 Å². The number of thioether (sulfide) groups is 2. The summed E-state index contributed by atoms with van der Waals surface area (Å²) in [6, 6.07) is 8.69. The zero-order chi connectivity index (χ0) is 12.7. The second kappa shape index (κ2) is 7.72. The van der Waals surface area contributed by atoms with Crippen LogP contribution in [-0.2, 0) is 0 Å². The third-order valence-corrected chi connectivity index (χ3v) is 4.36. The third-order valence-electron chi connectivity index (χ3n) is 2.27. The van der Waals surface area contributed by atoms with E-state index in [0.29, 0.717) is 0 Å². The van der Waals surface area contributed by atoms with E-state index in [1.807, 2.05) is 23.5 Å². The summed E-state index contributed by atoms with van der Waals surface area (Å²) in [6.07, 6.45) is 2.28. The Morgan fingerprint density at radius 3 is 2.00 bits per heavy atom. The van der Waals surface area contributed by atoms with Crippen molar-refractivity contribution in [3.05, 3.63) is 34.1 Å². The van der Waals surface area contributed by atoms with Crippen molar-refractivity contribution in [2.24, 2.45) is 0 Å². The van der Waals surface area contributed by atoms with Crippen LogP contribution in [0.15, 0.2) is 28.5 Å². The molecule has 3 heteroatoms. The van der Waals surface area contributed by atoms with Gasteiger partial charge in [-0.15, -0.1) is 23.5 Å². The molecule has 0 fully saturated rings. The summed E-state index contributed by atoms with van der Waals surface area (Å²) in [6.45, 7) is 4.40. The minimum absolute atomic E-state index is 1.13. The number of nitrogens with zero attached hydrogens (tertiary/aromatic N) is 1. The molecule has 0 saturated heterocycles. The van der Waals surface area contributed by atoms with Crippen molar-refractivity contribution in [2.45, 2.75) is 13.8 Å². The predicted octanol–water partition coefficient (Wildman–Crippen LogP) is 4.56. The molecule has 0 amide bonds. The molecule has 0 atom stereocenters. The van der Waals surface area contributed by atoms with Gasteiger partial charge in [-0.2, -0.15) is 0 Å². The molecule has 0 aliphatic carbocycles. The summed E-state index contributed by atoms with van der Waals surface area (Å²) in [5.74, 6) is 2.27. The largest absolute Gasteiger partial charge is 0.378 e. The number of benzene rings is 1. The Kier molecular flexibility index (Phi) is 6.60. The van der Waals surface area contributed by atoms with Crippen LogP contribution in [0.2, 0.25) is 0 Å². The molecule has 1 rings (SSSR count). The number of rotatable bonds is 6. The Bertz CT molecular complexity index is 347. The molecule has 0 spiro atoms. The molecule has 0 aliphatic rings. The topological polar surface area (TPSA) is 3.24 Å². The zero-order valence-electron chi connectivity index (χ0n) is 11.1. The number of hydrogen-bond donors (Lipinski definition) is 0. The lowest BCUT2D eigenvalue weighted by Gasteiger charge is -2.12. The van der Waals surface area contributed by atoms with Crippen LogP contribution in [-0.4, -0.2) is 25.6 Å². The van der Waals surface area contributed by atoms with Gasteiger partial charge in [0.25, 0.3) is 0 Å². The Hall–Kier alpha value is -0.540. The molecule has 0 heterocycles. The highest BCUT2D eigenvalue weighted by Gasteiger charge is 1.98. The van der Waals surface area contributed by atoms with Crippen molar-refractivity contribution in [3.63, 3.8) is 0 Å². The molecule has 1 aromatic rings. The summed E-state index contributed by atoms with van der Waals surface area (Å²) in [5, 5.41) is 0. The Balaban J connectivity index is 2.80. The van der Waals surface area contributed by atoms with E-state index in [1.54, 1.807) is 0 Å². The summed E-state index contributed by atoms with van der Waals surface area (Å²) in [5.41, 5.74) is 2.53. The molecule has 0 N–H and O–H groups in total. The highest BCUT2D eigenvalue weighted by molar-refractivity contribution is 8.22. The van der Waals surface area contributed by atoms with E-state index >= 15 is 0 Å². The fourth-order valence-electron chi connectivity index (χ4n) is 1.41. The summed E-state index contributed by atoms with van der Waals surface area (Å²) >= 11 is 3.84. The van der Waals surface area contributed by atoms with E-state index in [4.69, 9.17) is 0 Å². The van der Waals surface area contributed by atoms with Crippen LogP contribution in [0.5, 0.6) is 0 Å². The average molecular weight is 267 g/mol. The van der Waals surface area contributed by atoms with Gasteiger partial charge in [0.1, 0.15) is 0 Å². The van der Waals surface area contributed by atoms with E-state index in [-0.39, 0.29) is 0 Å². The lowest BCUT2D eigenvalue weighted by molar-refractivity contribution is 1.13. The fraction of sp³-hybridized carbons (Fsp3) is 0.429. The van der Waals surface area contributed by atoms with E-state index in [2.05, 4.69) is 63.2 Å². The van der Waals surface area contributed by atoms with Crippen LogP contribution in [0.25, 0.3) is 6.08 Å². The maximum atomic E-state index is 2.28. The fourth-order valence-corrected chi connectivity index (χ4v) is 3.46. The van der Waals surface area contributed by atoms with Crippen LogP contribution < -0.4 is 4.90 Å². The van der Waals surface area contributed by atoms with Crippen molar-refractivity contribution in [2.75, 3.05) is 30.5 Å². The molecule has 1 aromatic carbocycles. The van der Waals surface area contributed by atoms with Crippen molar-refractivity contribution in [1.82, 2.24) is 0 Å². The molecule has 0 saturated carbocycles. The van der Waals surface area contributed by atoms with Crippen molar-refractivity contribution in [3.8, 4) is 0 Å². The average Bonchev–Trinajstić information content (AvgIpc) is 2.30.